The fourth-order valence-electron chi connectivity index (χ4n) is 3.78. The minimum Gasteiger partial charge on any atom is -0.503 e. The topological polar surface area (TPSA) is 105 Å². The van der Waals surface area contributed by atoms with Crippen molar-refractivity contribution in [3.8, 4) is 11.5 Å². The number of ether oxygens (including phenoxy) is 2. The van der Waals surface area contributed by atoms with E-state index in [-0.39, 0.29) is 17.3 Å². The molecule has 1 amide bonds. The first kappa shape index (κ1) is 21.4. The van der Waals surface area contributed by atoms with Crippen molar-refractivity contribution in [2.24, 2.45) is 5.41 Å². The van der Waals surface area contributed by atoms with Gasteiger partial charge >= 0.3 is 0 Å². The third-order valence-corrected chi connectivity index (χ3v) is 5.47. The molecule has 0 radical (unpaired) electrons. The third-order valence-electron chi connectivity index (χ3n) is 5.47. The summed E-state index contributed by atoms with van der Waals surface area (Å²) in [6, 6.07) is 11.5. The molecule has 3 aromatic rings. The largest absolute Gasteiger partial charge is 0.503 e. The molecule has 0 fully saturated rings. The van der Waals surface area contributed by atoms with Gasteiger partial charge in [0.25, 0.3) is 5.91 Å². The van der Waals surface area contributed by atoms with Gasteiger partial charge in [-0.1, -0.05) is 32.9 Å². The molecule has 1 atom stereocenters. The van der Waals surface area contributed by atoms with E-state index in [2.05, 4.69) is 9.97 Å². The number of imidazole rings is 1. The van der Waals surface area contributed by atoms with Gasteiger partial charge in [0.15, 0.2) is 11.5 Å². The van der Waals surface area contributed by atoms with Crippen LogP contribution in [-0.4, -0.2) is 41.0 Å². The van der Waals surface area contributed by atoms with E-state index in [9.17, 15) is 14.7 Å². The Balaban J connectivity index is 1.88. The van der Waals surface area contributed by atoms with Crippen molar-refractivity contribution in [3.05, 3.63) is 59.4 Å². The van der Waals surface area contributed by atoms with Crippen LogP contribution in [0, 0.1) is 5.41 Å². The van der Waals surface area contributed by atoms with Crippen LogP contribution in [0.2, 0.25) is 0 Å². The van der Waals surface area contributed by atoms with Crippen molar-refractivity contribution in [1.29, 1.82) is 0 Å². The first-order valence-electron chi connectivity index (χ1n) is 10.1. The van der Waals surface area contributed by atoms with E-state index in [0.29, 0.717) is 28.1 Å². The lowest BCUT2D eigenvalue weighted by Gasteiger charge is -2.27. The molecule has 1 aliphatic heterocycles. The van der Waals surface area contributed by atoms with Crippen LogP contribution in [0.5, 0.6) is 11.5 Å². The van der Waals surface area contributed by atoms with Crippen molar-refractivity contribution in [2.45, 2.75) is 26.8 Å². The number of benzene rings is 2. The third kappa shape index (κ3) is 3.47. The zero-order valence-electron chi connectivity index (χ0n) is 18.6. The van der Waals surface area contributed by atoms with Crippen LogP contribution < -0.4 is 14.4 Å². The summed E-state index contributed by atoms with van der Waals surface area (Å²) in [5.74, 6) is -0.0749. The minimum atomic E-state index is -0.845. The summed E-state index contributed by atoms with van der Waals surface area (Å²) in [6.45, 7) is 5.25. The van der Waals surface area contributed by atoms with Crippen LogP contribution >= 0.6 is 0 Å². The molecule has 8 nitrogen and oxygen atoms in total. The van der Waals surface area contributed by atoms with Gasteiger partial charge in [0.1, 0.15) is 11.5 Å². The highest BCUT2D eigenvalue weighted by Crippen LogP contribution is 2.43. The Morgan fingerprint density at radius 1 is 1.06 bits per heavy atom. The number of ketones is 1. The second kappa shape index (κ2) is 7.71. The number of amides is 1. The number of hydrogen-bond acceptors (Lipinski definition) is 6. The molecule has 1 unspecified atom stereocenters. The maximum atomic E-state index is 13.3. The molecular weight excluding hydrogens is 410 g/mol. The number of methoxy groups -OCH3 is 2. The zero-order chi connectivity index (χ0) is 23.2. The molecule has 1 aromatic heterocycles. The number of fused-ring (bicyclic) bond motifs is 1. The SMILES string of the molecule is COc1ccc(C2C(C(=O)C(C)(C)C)=C(O)C(=O)N2c2nc3ccc(OC)cc3[nH]2)cc1. The molecule has 166 valence electrons. The Bertz CT molecular complexity index is 1230. The van der Waals surface area contributed by atoms with Gasteiger partial charge in [-0.2, -0.15) is 0 Å². The van der Waals surface area contributed by atoms with Gasteiger partial charge in [-0.05, 0) is 29.8 Å². The second-order valence-corrected chi connectivity index (χ2v) is 8.64. The number of H-pyrrole nitrogens is 1. The predicted octanol–water partition coefficient (Wildman–Crippen LogP) is 4.10. The number of anilines is 1. The molecule has 2 N–H and O–H groups in total. The molecule has 8 heteroatoms. The lowest BCUT2D eigenvalue weighted by Crippen LogP contribution is -2.33. The summed E-state index contributed by atoms with van der Waals surface area (Å²) in [4.78, 5) is 35.5. The van der Waals surface area contributed by atoms with Crippen LogP contribution in [0.1, 0.15) is 32.4 Å². The minimum absolute atomic E-state index is 0.0469. The van der Waals surface area contributed by atoms with Crippen molar-refractivity contribution < 1.29 is 24.2 Å². The van der Waals surface area contributed by atoms with E-state index < -0.39 is 23.1 Å². The van der Waals surface area contributed by atoms with Gasteiger partial charge in [0.05, 0.1) is 36.9 Å². The maximum Gasteiger partial charge on any atom is 0.296 e. The van der Waals surface area contributed by atoms with Gasteiger partial charge < -0.3 is 19.6 Å². The summed E-state index contributed by atoms with van der Waals surface area (Å²) < 4.78 is 10.5. The van der Waals surface area contributed by atoms with E-state index >= 15 is 0 Å². The monoisotopic (exact) mass is 435 g/mol. The fraction of sp³-hybridized carbons (Fsp3) is 0.292. The standard InChI is InChI=1S/C24H25N3O5/c1-24(2,3)21(29)18-19(13-6-8-14(31-4)9-7-13)27(22(30)20(18)28)23-25-16-11-10-15(32-5)12-17(16)26-23/h6-12,19,28H,1-5H3,(H,25,26). The molecule has 4 rings (SSSR count). The van der Waals surface area contributed by atoms with Crippen LogP contribution in [0.3, 0.4) is 0 Å². The van der Waals surface area contributed by atoms with E-state index in [4.69, 9.17) is 9.47 Å². The molecule has 0 aliphatic carbocycles. The van der Waals surface area contributed by atoms with E-state index in [1.165, 1.54) is 4.90 Å². The lowest BCUT2D eigenvalue weighted by molar-refractivity contribution is -0.123. The second-order valence-electron chi connectivity index (χ2n) is 8.64. The fourth-order valence-corrected chi connectivity index (χ4v) is 3.78. The van der Waals surface area contributed by atoms with Gasteiger partial charge in [-0.25, -0.2) is 4.98 Å². The van der Waals surface area contributed by atoms with Crippen molar-refractivity contribution in [2.75, 3.05) is 19.1 Å². The highest BCUT2D eigenvalue weighted by molar-refractivity contribution is 6.17. The molecule has 2 heterocycles. The summed E-state index contributed by atoms with van der Waals surface area (Å²) in [6.07, 6.45) is 0. The molecule has 2 aromatic carbocycles. The summed E-state index contributed by atoms with van der Waals surface area (Å²) in [5, 5.41) is 10.8. The van der Waals surface area contributed by atoms with Gasteiger partial charge in [0.2, 0.25) is 5.95 Å². The molecule has 0 bridgehead atoms. The molecule has 1 aliphatic rings. The maximum absolute atomic E-state index is 13.3. The highest BCUT2D eigenvalue weighted by Gasteiger charge is 2.47. The number of aliphatic hydroxyl groups excluding tert-OH is 1. The Morgan fingerprint density at radius 3 is 2.28 bits per heavy atom. The molecule has 0 spiro atoms. The number of Topliss-reactive ketones (excluding diaryl/α,β-unsaturated/α-hetero) is 1. The van der Waals surface area contributed by atoms with Crippen LogP contribution in [0.25, 0.3) is 11.0 Å². The van der Waals surface area contributed by atoms with Crippen molar-refractivity contribution in [3.63, 3.8) is 0 Å². The van der Waals surface area contributed by atoms with E-state index in [1.807, 2.05) is 0 Å². The number of rotatable bonds is 5. The quantitative estimate of drug-likeness (QED) is 0.625. The molecule has 0 saturated heterocycles. The number of aromatic amines is 1. The van der Waals surface area contributed by atoms with Crippen LogP contribution in [0.15, 0.2) is 53.8 Å². The Morgan fingerprint density at radius 2 is 1.69 bits per heavy atom. The average molecular weight is 435 g/mol. The summed E-state index contributed by atoms with van der Waals surface area (Å²) in [7, 11) is 3.12. The molecule has 0 saturated carbocycles. The van der Waals surface area contributed by atoms with Crippen molar-refractivity contribution >= 4 is 28.7 Å². The first-order valence-corrected chi connectivity index (χ1v) is 10.1. The average Bonchev–Trinajstić information content (AvgIpc) is 3.30. The smallest absolute Gasteiger partial charge is 0.296 e. The first-order chi connectivity index (χ1) is 15.2. The number of aromatic nitrogens is 2. The van der Waals surface area contributed by atoms with Crippen molar-refractivity contribution in [1.82, 2.24) is 9.97 Å². The summed E-state index contributed by atoms with van der Waals surface area (Å²) >= 11 is 0. The summed E-state index contributed by atoms with van der Waals surface area (Å²) in [5.41, 5.74) is 1.18. The van der Waals surface area contributed by atoms with Crippen LogP contribution in [-0.2, 0) is 9.59 Å². The lowest BCUT2D eigenvalue weighted by atomic mass is 9.82. The zero-order valence-corrected chi connectivity index (χ0v) is 18.6. The number of carbonyl (C=O) groups is 2. The number of hydrogen-bond donors (Lipinski definition) is 2. The van der Waals surface area contributed by atoms with Gasteiger partial charge in [-0.3, -0.25) is 14.5 Å². The molecule has 32 heavy (non-hydrogen) atoms. The van der Waals surface area contributed by atoms with Gasteiger partial charge in [0, 0.05) is 11.5 Å². The Hall–Kier alpha value is -3.81. The Labute approximate surface area is 185 Å². The number of nitrogens with one attached hydrogen (secondary N) is 1. The molecular formula is C24H25N3O5. The number of aliphatic hydroxyl groups is 1. The normalized spacial score (nSPS) is 16.7. The number of nitrogens with zero attached hydrogens (tertiary/aromatic N) is 2. The van der Waals surface area contributed by atoms with Gasteiger partial charge in [-0.15, -0.1) is 0 Å². The van der Waals surface area contributed by atoms with Crippen LogP contribution in [0.4, 0.5) is 5.95 Å². The number of carbonyl (C=O) groups excluding carboxylic acids is 2. The van der Waals surface area contributed by atoms with E-state index in [0.717, 1.165) is 0 Å². The van der Waals surface area contributed by atoms with E-state index in [1.54, 1.807) is 77.5 Å². The Kier molecular flexibility index (Phi) is 5.16. The highest BCUT2D eigenvalue weighted by atomic mass is 16.5. The predicted molar refractivity (Wildman–Crippen MR) is 120 cm³/mol.